The van der Waals surface area contributed by atoms with Crippen molar-refractivity contribution in [2.24, 2.45) is 0 Å². The second-order valence-electron chi connectivity index (χ2n) is 4.80. The first-order valence-corrected chi connectivity index (χ1v) is 5.39. The van der Waals surface area contributed by atoms with Crippen LogP contribution in [0.2, 0.25) is 0 Å². The highest BCUT2D eigenvalue weighted by Gasteiger charge is 2.31. The number of aromatic carboxylic acids is 1. The van der Waals surface area contributed by atoms with Crippen LogP contribution in [-0.4, -0.2) is 32.3 Å². The Labute approximate surface area is 94.1 Å². The van der Waals surface area contributed by atoms with Gasteiger partial charge in [0.15, 0.2) is 5.69 Å². The van der Waals surface area contributed by atoms with Crippen molar-refractivity contribution in [3.05, 3.63) is 18.2 Å². The minimum atomic E-state index is -0.994. The molecule has 0 spiro atoms. The van der Waals surface area contributed by atoms with E-state index in [4.69, 9.17) is 9.84 Å². The summed E-state index contributed by atoms with van der Waals surface area (Å²) < 4.78 is 7.60. The van der Waals surface area contributed by atoms with Crippen molar-refractivity contribution in [1.82, 2.24) is 9.55 Å². The third-order valence-corrected chi connectivity index (χ3v) is 2.82. The number of aromatic nitrogens is 2. The number of rotatable bonds is 3. The van der Waals surface area contributed by atoms with Gasteiger partial charge in [0.2, 0.25) is 0 Å². The molecule has 16 heavy (non-hydrogen) atoms. The fourth-order valence-corrected chi connectivity index (χ4v) is 2.01. The Morgan fingerprint density at radius 3 is 3.00 bits per heavy atom. The average Bonchev–Trinajstić information content (AvgIpc) is 2.73. The van der Waals surface area contributed by atoms with E-state index in [0.29, 0.717) is 6.54 Å². The normalized spacial score (nSPS) is 23.5. The number of ether oxygens (including phenoxy) is 1. The van der Waals surface area contributed by atoms with Crippen LogP contribution in [0.15, 0.2) is 12.5 Å². The van der Waals surface area contributed by atoms with Crippen LogP contribution in [0, 0.1) is 0 Å². The number of hydrogen-bond donors (Lipinski definition) is 1. The van der Waals surface area contributed by atoms with Gasteiger partial charge in [-0.05, 0) is 26.7 Å². The number of carboxylic acids is 1. The number of carboxylic acid groups (broad SMARTS) is 1. The van der Waals surface area contributed by atoms with Crippen molar-refractivity contribution in [2.45, 2.75) is 44.9 Å². The molecule has 2 heterocycles. The van der Waals surface area contributed by atoms with Crippen molar-refractivity contribution >= 4 is 5.97 Å². The Hall–Kier alpha value is -1.36. The van der Waals surface area contributed by atoms with E-state index in [2.05, 4.69) is 18.8 Å². The Morgan fingerprint density at radius 2 is 2.50 bits per heavy atom. The zero-order valence-corrected chi connectivity index (χ0v) is 9.51. The summed E-state index contributed by atoms with van der Waals surface area (Å²) in [5, 5.41) is 8.74. The lowest BCUT2D eigenvalue weighted by Crippen LogP contribution is -2.22. The van der Waals surface area contributed by atoms with Crippen LogP contribution in [0.4, 0.5) is 0 Å². The topological polar surface area (TPSA) is 64.4 Å². The lowest BCUT2D eigenvalue weighted by Gasteiger charge is -2.19. The molecule has 1 aliphatic heterocycles. The molecule has 1 fully saturated rings. The zero-order valence-electron chi connectivity index (χ0n) is 9.51. The molecule has 0 aliphatic carbocycles. The summed E-state index contributed by atoms with van der Waals surface area (Å²) >= 11 is 0. The van der Waals surface area contributed by atoms with Gasteiger partial charge in [0.1, 0.15) is 0 Å². The fraction of sp³-hybridized carbons (Fsp3) is 0.636. The molecular weight excluding hydrogens is 208 g/mol. The van der Waals surface area contributed by atoms with Crippen molar-refractivity contribution in [1.29, 1.82) is 0 Å². The molecule has 1 aliphatic rings. The first-order valence-electron chi connectivity index (χ1n) is 5.39. The molecule has 1 aromatic heterocycles. The van der Waals surface area contributed by atoms with Crippen LogP contribution in [-0.2, 0) is 11.3 Å². The maximum Gasteiger partial charge on any atom is 0.356 e. The molecule has 0 aromatic carbocycles. The lowest BCUT2D eigenvalue weighted by atomic mass is 10.1. The van der Waals surface area contributed by atoms with Gasteiger partial charge in [0, 0.05) is 12.7 Å². The molecule has 1 saturated heterocycles. The van der Waals surface area contributed by atoms with Gasteiger partial charge < -0.3 is 14.4 Å². The maximum absolute atomic E-state index is 10.6. The van der Waals surface area contributed by atoms with Crippen molar-refractivity contribution in [3.63, 3.8) is 0 Å². The lowest BCUT2D eigenvalue weighted by molar-refractivity contribution is -0.0217. The second-order valence-corrected chi connectivity index (χ2v) is 4.80. The van der Waals surface area contributed by atoms with Gasteiger partial charge in [0.05, 0.1) is 18.0 Å². The molecule has 0 amide bonds. The molecule has 1 N–H and O–H groups in total. The van der Waals surface area contributed by atoms with Gasteiger partial charge in [-0.3, -0.25) is 0 Å². The summed E-state index contributed by atoms with van der Waals surface area (Å²) in [5.74, 6) is -0.994. The van der Waals surface area contributed by atoms with Crippen molar-refractivity contribution < 1.29 is 14.6 Å². The SMILES string of the molecule is CC1(C)CCC(Cn2cnc(C(=O)O)c2)O1. The van der Waals surface area contributed by atoms with Gasteiger partial charge in [0.25, 0.3) is 0 Å². The number of carbonyl (C=O) groups is 1. The summed E-state index contributed by atoms with van der Waals surface area (Å²) in [7, 11) is 0. The van der Waals surface area contributed by atoms with E-state index in [1.54, 1.807) is 4.57 Å². The molecule has 0 bridgehead atoms. The van der Waals surface area contributed by atoms with Gasteiger partial charge >= 0.3 is 5.97 Å². The number of nitrogens with zero attached hydrogens (tertiary/aromatic N) is 2. The second kappa shape index (κ2) is 3.90. The molecule has 0 radical (unpaired) electrons. The molecule has 1 aromatic rings. The smallest absolute Gasteiger partial charge is 0.356 e. The van der Waals surface area contributed by atoms with Crippen LogP contribution in [0.5, 0.6) is 0 Å². The molecule has 1 atom stereocenters. The predicted octanol–water partition coefficient (Wildman–Crippen LogP) is 1.54. The monoisotopic (exact) mass is 224 g/mol. The van der Waals surface area contributed by atoms with Gasteiger partial charge in [-0.1, -0.05) is 0 Å². The maximum atomic E-state index is 10.6. The zero-order chi connectivity index (χ0) is 11.8. The Balaban J connectivity index is 1.97. The van der Waals surface area contributed by atoms with Crippen LogP contribution in [0.25, 0.3) is 0 Å². The Morgan fingerprint density at radius 1 is 1.75 bits per heavy atom. The third kappa shape index (κ3) is 2.41. The van der Waals surface area contributed by atoms with E-state index in [1.807, 2.05) is 0 Å². The third-order valence-electron chi connectivity index (χ3n) is 2.82. The van der Waals surface area contributed by atoms with E-state index >= 15 is 0 Å². The van der Waals surface area contributed by atoms with Gasteiger partial charge in [-0.15, -0.1) is 0 Å². The molecule has 88 valence electrons. The minimum absolute atomic E-state index is 0.0547. The molecule has 5 heteroatoms. The van der Waals surface area contributed by atoms with Gasteiger partial charge in [-0.2, -0.15) is 0 Å². The first-order chi connectivity index (χ1) is 7.46. The van der Waals surface area contributed by atoms with Crippen LogP contribution in [0.3, 0.4) is 0 Å². The summed E-state index contributed by atoms with van der Waals surface area (Å²) in [6, 6.07) is 0. The van der Waals surface area contributed by atoms with E-state index in [1.165, 1.54) is 12.5 Å². The number of hydrogen-bond acceptors (Lipinski definition) is 3. The van der Waals surface area contributed by atoms with E-state index in [0.717, 1.165) is 12.8 Å². The molecule has 5 nitrogen and oxygen atoms in total. The average molecular weight is 224 g/mol. The highest BCUT2D eigenvalue weighted by Crippen LogP contribution is 2.29. The van der Waals surface area contributed by atoms with Crippen LogP contribution < -0.4 is 0 Å². The standard InChI is InChI=1S/C11H16N2O3/c1-11(2)4-3-8(16-11)5-13-6-9(10(14)15)12-7-13/h6-8H,3-5H2,1-2H3,(H,14,15). The van der Waals surface area contributed by atoms with Crippen LogP contribution in [0.1, 0.15) is 37.2 Å². The van der Waals surface area contributed by atoms with Crippen LogP contribution >= 0.6 is 0 Å². The van der Waals surface area contributed by atoms with Crippen molar-refractivity contribution in [3.8, 4) is 0 Å². The van der Waals surface area contributed by atoms with E-state index in [-0.39, 0.29) is 17.4 Å². The van der Waals surface area contributed by atoms with Gasteiger partial charge in [-0.25, -0.2) is 9.78 Å². The summed E-state index contributed by atoms with van der Waals surface area (Å²) in [5.41, 5.74) is 0.0261. The Kier molecular flexibility index (Phi) is 2.71. The largest absolute Gasteiger partial charge is 0.476 e. The van der Waals surface area contributed by atoms with E-state index in [9.17, 15) is 4.79 Å². The number of imidazole rings is 1. The summed E-state index contributed by atoms with van der Waals surface area (Å²) in [4.78, 5) is 14.4. The summed E-state index contributed by atoms with van der Waals surface area (Å²) in [6.07, 6.45) is 5.28. The molecular formula is C11H16N2O3. The molecule has 2 rings (SSSR count). The quantitative estimate of drug-likeness (QED) is 0.845. The van der Waals surface area contributed by atoms with E-state index < -0.39 is 5.97 Å². The fourth-order valence-electron chi connectivity index (χ4n) is 2.01. The summed E-state index contributed by atoms with van der Waals surface area (Å²) in [6.45, 7) is 4.82. The molecule has 0 saturated carbocycles. The Bertz CT molecular complexity index is 398. The predicted molar refractivity (Wildman–Crippen MR) is 57.4 cm³/mol. The van der Waals surface area contributed by atoms with Crippen molar-refractivity contribution in [2.75, 3.05) is 0 Å². The minimum Gasteiger partial charge on any atom is -0.476 e. The highest BCUT2D eigenvalue weighted by atomic mass is 16.5. The molecule has 1 unspecified atom stereocenters. The first kappa shape index (κ1) is 11.1. The highest BCUT2D eigenvalue weighted by molar-refractivity contribution is 5.84.